The Morgan fingerprint density at radius 1 is 1.27 bits per heavy atom. The van der Waals surface area contributed by atoms with Crippen LogP contribution in [0.3, 0.4) is 0 Å². The molecule has 1 heterocycles. The number of aromatic nitrogens is 2. The molecule has 0 fully saturated rings. The summed E-state index contributed by atoms with van der Waals surface area (Å²) in [4.78, 5) is 11.4. The largest absolute Gasteiger partial charge is 0.444 e. The molecule has 2 rings (SSSR count). The van der Waals surface area contributed by atoms with E-state index in [1.807, 2.05) is 51.1 Å². The maximum atomic E-state index is 11.4. The SMILES string of the molecule is CC(C)(C)OC(=O)NCC#Cc1ccc(-c2ccn[nH]2)cc1. The molecule has 0 atom stereocenters. The van der Waals surface area contributed by atoms with E-state index in [1.165, 1.54) is 0 Å². The first-order valence-corrected chi connectivity index (χ1v) is 6.99. The molecule has 1 amide bonds. The molecule has 0 spiro atoms. The van der Waals surface area contributed by atoms with Gasteiger partial charge in [0.05, 0.1) is 12.2 Å². The van der Waals surface area contributed by atoms with Gasteiger partial charge < -0.3 is 10.1 Å². The van der Waals surface area contributed by atoms with Gasteiger partial charge in [-0.3, -0.25) is 5.10 Å². The topological polar surface area (TPSA) is 67.0 Å². The number of hydrogen-bond acceptors (Lipinski definition) is 3. The number of benzene rings is 1. The molecular formula is C17H19N3O2. The van der Waals surface area contributed by atoms with Crippen molar-refractivity contribution in [3.8, 4) is 23.1 Å². The fourth-order valence-corrected chi connectivity index (χ4v) is 1.73. The molecule has 1 aromatic heterocycles. The molecule has 1 aromatic carbocycles. The molecule has 0 saturated heterocycles. The lowest BCUT2D eigenvalue weighted by Crippen LogP contribution is -2.32. The molecule has 5 heteroatoms. The zero-order valence-electron chi connectivity index (χ0n) is 12.9. The highest BCUT2D eigenvalue weighted by Crippen LogP contribution is 2.16. The summed E-state index contributed by atoms with van der Waals surface area (Å²) in [6, 6.07) is 9.70. The van der Waals surface area contributed by atoms with Crippen molar-refractivity contribution in [3.63, 3.8) is 0 Å². The Labute approximate surface area is 130 Å². The van der Waals surface area contributed by atoms with Crippen LogP contribution in [-0.4, -0.2) is 28.4 Å². The fraction of sp³-hybridized carbons (Fsp3) is 0.294. The van der Waals surface area contributed by atoms with Crippen molar-refractivity contribution < 1.29 is 9.53 Å². The van der Waals surface area contributed by atoms with E-state index in [9.17, 15) is 4.79 Å². The van der Waals surface area contributed by atoms with Crippen molar-refractivity contribution in [3.05, 3.63) is 42.1 Å². The lowest BCUT2D eigenvalue weighted by molar-refractivity contribution is 0.0535. The number of rotatable bonds is 2. The predicted octanol–water partition coefficient (Wildman–Crippen LogP) is 2.95. The summed E-state index contributed by atoms with van der Waals surface area (Å²) in [5.74, 6) is 5.88. The fourth-order valence-electron chi connectivity index (χ4n) is 1.73. The summed E-state index contributed by atoms with van der Waals surface area (Å²) in [6.07, 6.45) is 1.25. The number of carbonyl (C=O) groups excluding carboxylic acids is 1. The summed E-state index contributed by atoms with van der Waals surface area (Å²) in [5.41, 5.74) is 2.40. The van der Waals surface area contributed by atoms with E-state index in [0.717, 1.165) is 16.8 Å². The van der Waals surface area contributed by atoms with Crippen LogP contribution in [0.1, 0.15) is 26.3 Å². The van der Waals surface area contributed by atoms with Crippen molar-refractivity contribution >= 4 is 6.09 Å². The summed E-state index contributed by atoms with van der Waals surface area (Å²) in [6.45, 7) is 5.70. The molecule has 0 saturated carbocycles. The summed E-state index contributed by atoms with van der Waals surface area (Å²) in [5, 5.41) is 9.42. The van der Waals surface area contributed by atoms with Gasteiger partial charge in [-0.05, 0) is 44.5 Å². The van der Waals surface area contributed by atoms with Gasteiger partial charge in [0.25, 0.3) is 0 Å². The number of carbonyl (C=O) groups is 1. The van der Waals surface area contributed by atoms with Gasteiger partial charge >= 0.3 is 6.09 Å². The van der Waals surface area contributed by atoms with Crippen LogP contribution in [0.2, 0.25) is 0 Å². The Morgan fingerprint density at radius 3 is 2.59 bits per heavy atom. The normalized spacial score (nSPS) is 10.5. The van der Waals surface area contributed by atoms with Crippen LogP contribution in [0.4, 0.5) is 4.79 Å². The van der Waals surface area contributed by atoms with E-state index < -0.39 is 11.7 Å². The van der Waals surface area contributed by atoms with Crippen LogP contribution < -0.4 is 5.32 Å². The van der Waals surface area contributed by atoms with E-state index in [1.54, 1.807) is 6.20 Å². The molecule has 22 heavy (non-hydrogen) atoms. The Morgan fingerprint density at radius 2 is 2.00 bits per heavy atom. The van der Waals surface area contributed by atoms with Gasteiger partial charge in [-0.25, -0.2) is 4.79 Å². The van der Waals surface area contributed by atoms with Crippen molar-refractivity contribution in [2.75, 3.05) is 6.54 Å². The maximum Gasteiger partial charge on any atom is 0.408 e. The van der Waals surface area contributed by atoms with Crippen molar-refractivity contribution in [1.29, 1.82) is 0 Å². The van der Waals surface area contributed by atoms with Crippen LogP contribution in [0.25, 0.3) is 11.3 Å². The molecule has 0 aliphatic carbocycles. The first-order chi connectivity index (χ1) is 10.4. The van der Waals surface area contributed by atoms with Gasteiger partial charge in [-0.1, -0.05) is 24.0 Å². The van der Waals surface area contributed by atoms with Gasteiger partial charge in [0.15, 0.2) is 0 Å². The zero-order chi connectivity index (χ0) is 16.0. The first kappa shape index (κ1) is 15.6. The molecule has 5 nitrogen and oxygen atoms in total. The Kier molecular flexibility index (Phi) is 4.84. The Balaban J connectivity index is 1.86. The number of nitrogens with zero attached hydrogens (tertiary/aromatic N) is 1. The van der Waals surface area contributed by atoms with E-state index >= 15 is 0 Å². The minimum atomic E-state index is -0.500. The Hall–Kier alpha value is -2.74. The second-order valence-corrected chi connectivity index (χ2v) is 5.70. The van der Waals surface area contributed by atoms with Gasteiger partial charge in [0.2, 0.25) is 0 Å². The molecule has 0 radical (unpaired) electrons. The second kappa shape index (κ2) is 6.81. The number of alkyl carbamates (subject to hydrolysis) is 1. The van der Waals surface area contributed by atoms with Crippen LogP contribution in [0.15, 0.2) is 36.5 Å². The number of aromatic amines is 1. The third kappa shape index (κ3) is 4.98. The van der Waals surface area contributed by atoms with Gasteiger partial charge in [-0.2, -0.15) is 5.10 Å². The van der Waals surface area contributed by atoms with Crippen LogP contribution in [0.5, 0.6) is 0 Å². The van der Waals surface area contributed by atoms with Gasteiger partial charge in [-0.15, -0.1) is 0 Å². The second-order valence-electron chi connectivity index (χ2n) is 5.70. The molecule has 114 valence electrons. The third-order valence-corrected chi connectivity index (χ3v) is 2.65. The molecular weight excluding hydrogens is 278 g/mol. The molecule has 2 aromatic rings. The van der Waals surface area contributed by atoms with E-state index in [-0.39, 0.29) is 6.54 Å². The highest BCUT2D eigenvalue weighted by molar-refractivity contribution is 5.68. The highest BCUT2D eigenvalue weighted by Gasteiger charge is 2.14. The van der Waals surface area contributed by atoms with E-state index in [2.05, 4.69) is 27.4 Å². The number of hydrogen-bond donors (Lipinski definition) is 2. The molecule has 2 N–H and O–H groups in total. The van der Waals surface area contributed by atoms with Crippen LogP contribution in [0, 0.1) is 11.8 Å². The summed E-state index contributed by atoms with van der Waals surface area (Å²) < 4.78 is 5.12. The summed E-state index contributed by atoms with van der Waals surface area (Å²) >= 11 is 0. The monoisotopic (exact) mass is 297 g/mol. The third-order valence-electron chi connectivity index (χ3n) is 2.65. The van der Waals surface area contributed by atoms with E-state index in [4.69, 9.17) is 4.74 Å². The molecule has 0 unspecified atom stereocenters. The van der Waals surface area contributed by atoms with Gasteiger partial charge in [0, 0.05) is 11.8 Å². The standard InChI is InChI=1S/C17H19N3O2/c1-17(2,3)22-16(21)18-11-4-5-13-6-8-14(9-7-13)15-10-12-19-20-15/h6-10,12H,11H2,1-3H3,(H,18,21)(H,19,20). The Bertz CT molecular complexity index is 671. The average molecular weight is 297 g/mol. The lowest BCUT2D eigenvalue weighted by Gasteiger charge is -2.18. The van der Waals surface area contributed by atoms with Crippen LogP contribution in [-0.2, 0) is 4.74 Å². The highest BCUT2D eigenvalue weighted by atomic mass is 16.6. The minimum Gasteiger partial charge on any atom is -0.444 e. The molecule has 0 aliphatic heterocycles. The first-order valence-electron chi connectivity index (χ1n) is 6.99. The number of nitrogens with one attached hydrogen (secondary N) is 2. The smallest absolute Gasteiger partial charge is 0.408 e. The number of amides is 1. The lowest BCUT2D eigenvalue weighted by atomic mass is 10.1. The molecule has 0 bridgehead atoms. The average Bonchev–Trinajstić information content (AvgIpc) is 2.96. The molecule has 0 aliphatic rings. The van der Waals surface area contributed by atoms with E-state index in [0.29, 0.717) is 0 Å². The van der Waals surface area contributed by atoms with Crippen molar-refractivity contribution in [2.45, 2.75) is 26.4 Å². The number of ether oxygens (including phenoxy) is 1. The zero-order valence-corrected chi connectivity index (χ0v) is 12.9. The predicted molar refractivity (Wildman–Crippen MR) is 85.1 cm³/mol. The number of H-pyrrole nitrogens is 1. The quantitative estimate of drug-likeness (QED) is 0.837. The maximum absolute atomic E-state index is 11.4. The van der Waals surface area contributed by atoms with Crippen molar-refractivity contribution in [2.24, 2.45) is 0 Å². The minimum absolute atomic E-state index is 0.247. The summed E-state index contributed by atoms with van der Waals surface area (Å²) in [7, 11) is 0. The van der Waals surface area contributed by atoms with Crippen molar-refractivity contribution in [1.82, 2.24) is 15.5 Å². The van der Waals surface area contributed by atoms with Crippen LogP contribution >= 0.6 is 0 Å². The van der Waals surface area contributed by atoms with Gasteiger partial charge in [0.1, 0.15) is 5.60 Å².